The molecule has 7 nitrogen and oxygen atoms in total. The highest BCUT2D eigenvalue weighted by Gasteiger charge is 2.21. The molecule has 5 rings (SSSR count). The van der Waals surface area contributed by atoms with Crippen LogP contribution in [0, 0.1) is 6.92 Å². The molecule has 192 valence electrons. The highest BCUT2D eigenvalue weighted by atomic mass is 35.5. The molecule has 9 heteroatoms. The number of nitrogens with zero attached hydrogens (tertiary/aromatic N) is 3. The van der Waals surface area contributed by atoms with E-state index in [0.717, 1.165) is 28.7 Å². The number of pyridine rings is 1. The molecule has 3 aromatic carbocycles. The number of carbonyl (C=O) groups excluding carboxylic acids is 1. The van der Waals surface area contributed by atoms with Crippen molar-refractivity contribution in [2.45, 2.75) is 31.7 Å². The molecule has 0 aliphatic heterocycles. The highest BCUT2D eigenvalue weighted by Crippen LogP contribution is 2.27. The minimum absolute atomic E-state index is 0.0126. The van der Waals surface area contributed by atoms with Gasteiger partial charge in [0.25, 0.3) is 15.9 Å². The molecule has 0 spiro atoms. The summed E-state index contributed by atoms with van der Waals surface area (Å²) in [6, 6.07) is 25.4. The SMILES string of the molecule is CCc1ccc(S(=O)(=O)NC(=O)c2ccc3nc(C)n(Cc4ccc(-c5ccccc5)cc4Cl)c3n2)cc1. The van der Waals surface area contributed by atoms with Crippen LogP contribution in [0.25, 0.3) is 22.3 Å². The van der Waals surface area contributed by atoms with Gasteiger partial charge < -0.3 is 4.57 Å². The molecule has 0 bridgehead atoms. The van der Waals surface area contributed by atoms with E-state index in [1.54, 1.807) is 18.2 Å². The van der Waals surface area contributed by atoms with Crippen LogP contribution in [0.1, 0.15) is 34.4 Å². The van der Waals surface area contributed by atoms with Crippen LogP contribution in [0.5, 0.6) is 0 Å². The second-order valence-electron chi connectivity index (χ2n) is 8.89. The number of aryl methyl sites for hydroxylation is 2. The largest absolute Gasteiger partial charge is 0.308 e. The minimum Gasteiger partial charge on any atom is -0.308 e. The monoisotopic (exact) mass is 544 g/mol. The van der Waals surface area contributed by atoms with Crippen molar-refractivity contribution in [3.63, 3.8) is 0 Å². The van der Waals surface area contributed by atoms with Crippen molar-refractivity contribution in [3.8, 4) is 11.1 Å². The van der Waals surface area contributed by atoms with Gasteiger partial charge in [-0.05, 0) is 65.9 Å². The number of benzene rings is 3. The quantitative estimate of drug-likeness (QED) is 0.280. The molecule has 0 saturated carbocycles. The summed E-state index contributed by atoms with van der Waals surface area (Å²) in [5, 5.41) is 0.599. The number of carbonyl (C=O) groups is 1. The number of sulfonamides is 1. The zero-order chi connectivity index (χ0) is 26.9. The average molecular weight is 545 g/mol. The average Bonchev–Trinajstić information content (AvgIpc) is 3.24. The van der Waals surface area contributed by atoms with Crippen molar-refractivity contribution in [1.82, 2.24) is 19.3 Å². The number of fused-ring (bicyclic) bond motifs is 1. The van der Waals surface area contributed by atoms with Gasteiger partial charge in [0.1, 0.15) is 17.0 Å². The van der Waals surface area contributed by atoms with Crippen molar-refractivity contribution in [2.75, 3.05) is 0 Å². The van der Waals surface area contributed by atoms with Crippen molar-refractivity contribution >= 4 is 38.7 Å². The molecular weight excluding hydrogens is 520 g/mol. The Kier molecular flexibility index (Phi) is 7.01. The second-order valence-corrected chi connectivity index (χ2v) is 11.0. The number of amides is 1. The number of nitrogens with one attached hydrogen (secondary N) is 1. The van der Waals surface area contributed by atoms with Crippen LogP contribution in [0.2, 0.25) is 5.02 Å². The summed E-state index contributed by atoms with van der Waals surface area (Å²) in [5.74, 6) is -0.126. The van der Waals surface area contributed by atoms with Gasteiger partial charge in [-0.1, -0.05) is 73.1 Å². The summed E-state index contributed by atoms with van der Waals surface area (Å²) in [6.45, 7) is 4.21. The Morgan fingerprint density at radius 2 is 1.66 bits per heavy atom. The fourth-order valence-electron chi connectivity index (χ4n) is 4.22. The summed E-state index contributed by atoms with van der Waals surface area (Å²) in [7, 11) is -4.05. The maximum Gasteiger partial charge on any atom is 0.283 e. The fraction of sp³-hybridized carbons (Fsp3) is 0.138. The van der Waals surface area contributed by atoms with Gasteiger partial charge in [-0.2, -0.15) is 0 Å². The summed E-state index contributed by atoms with van der Waals surface area (Å²) in [5.41, 5.74) is 4.97. The molecule has 0 fully saturated rings. The van der Waals surface area contributed by atoms with Crippen LogP contribution >= 0.6 is 11.6 Å². The standard InChI is InChI=1S/C29H25ClN4O3S/c1-3-20-9-13-24(14-10-20)38(36,37)33-29(35)27-16-15-26-28(32-27)34(19(2)31-26)18-23-12-11-22(17-25(23)30)21-7-5-4-6-8-21/h4-17H,3,18H2,1-2H3,(H,33,35). The van der Waals surface area contributed by atoms with Gasteiger partial charge in [0.05, 0.1) is 11.4 Å². The molecule has 38 heavy (non-hydrogen) atoms. The Morgan fingerprint density at radius 3 is 2.34 bits per heavy atom. The molecular formula is C29H25ClN4O3S. The van der Waals surface area contributed by atoms with E-state index in [4.69, 9.17) is 11.6 Å². The third-order valence-corrected chi connectivity index (χ3v) is 8.07. The molecule has 2 heterocycles. The van der Waals surface area contributed by atoms with Crippen molar-refractivity contribution in [1.29, 1.82) is 0 Å². The van der Waals surface area contributed by atoms with Crippen molar-refractivity contribution < 1.29 is 13.2 Å². The summed E-state index contributed by atoms with van der Waals surface area (Å²) < 4.78 is 29.5. The number of aromatic nitrogens is 3. The second kappa shape index (κ2) is 10.4. The van der Waals surface area contributed by atoms with Crippen LogP contribution in [0.4, 0.5) is 0 Å². The zero-order valence-electron chi connectivity index (χ0n) is 20.8. The van der Waals surface area contributed by atoms with Crippen molar-refractivity contribution in [2.24, 2.45) is 0 Å². The molecule has 0 unspecified atom stereocenters. The molecule has 2 aromatic heterocycles. The van der Waals surface area contributed by atoms with Crippen molar-refractivity contribution in [3.05, 3.63) is 113 Å². The first-order valence-electron chi connectivity index (χ1n) is 12.1. The van der Waals surface area contributed by atoms with E-state index in [1.807, 2.05) is 66.9 Å². The van der Waals surface area contributed by atoms with Crippen LogP contribution in [-0.4, -0.2) is 28.9 Å². The maximum atomic E-state index is 12.9. The highest BCUT2D eigenvalue weighted by molar-refractivity contribution is 7.90. The Bertz CT molecular complexity index is 1750. The summed E-state index contributed by atoms with van der Waals surface area (Å²) in [4.78, 5) is 21.9. The first-order valence-corrected chi connectivity index (χ1v) is 13.9. The summed E-state index contributed by atoms with van der Waals surface area (Å²) in [6.07, 6.45) is 0.784. The zero-order valence-corrected chi connectivity index (χ0v) is 22.4. The number of hydrogen-bond acceptors (Lipinski definition) is 5. The summed E-state index contributed by atoms with van der Waals surface area (Å²) >= 11 is 6.65. The van der Waals surface area contributed by atoms with Crippen LogP contribution in [-0.2, 0) is 23.0 Å². The van der Waals surface area contributed by atoms with Gasteiger partial charge in [-0.15, -0.1) is 0 Å². The predicted octanol–water partition coefficient (Wildman–Crippen LogP) is 5.79. The van der Waals surface area contributed by atoms with E-state index in [1.165, 1.54) is 18.2 Å². The number of imidazole rings is 1. The topological polar surface area (TPSA) is 94.0 Å². The van der Waals surface area contributed by atoms with E-state index in [9.17, 15) is 13.2 Å². The maximum absolute atomic E-state index is 12.9. The first-order chi connectivity index (χ1) is 18.2. The molecule has 1 N–H and O–H groups in total. The van der Waals surface area contributed by atoms with Crippen LogP contribution < -0.4 is 4.72 Å². The van der Waals surface area contributed by atoms with E-state index in [0.29, 0.717) is 28.6 Å². The lowest BCUT2D eigenvalue weighted by atomic mass is 10.0. The molecule has 5 aromatic rings. The lowest BCUT2D eigenvalue weighted by Crippen LogP contribution is -2.31. The lowest BCUT2D eigenvalue weighted by molar-refractivity contribution is 0.0977. The Hall–Kier alpha value is -4.01. The Balaban J connectivity index is 1.42. The first kappa shape index (κ1) is 25.6. The van der Waals surface area contributed by atoms with Gasteiger partial charge >= 0.3 is 0 Å². The minimum atomic E-state index is -4.05. The molecule has 0 atom stereocenters. The van der Waals surface area contributed by atoms with E-state index < -0.39 is 15.9 Å². The van der Waals surface area contributed by atoms with Crippen LogP contribution in [0.15, 0.2) is 89.8 Å². The normalized spacial score (nSPS) is 11.6. The number of rotatable bonds is 7. The van der Waals surface area contributed by atoms with Crippen LogP contribution in [0.3, 0.4) is 0 Å². The predicted molar refractivity (Wildman–Crippen MR) is 149 cm³/mol. The van der Waals surface area contributed by atoms with E-state index in [-0.39, 0.29) is 10.6 Å². The lowest BCUT2D eigenvalue weighted by Gasteiger charge is -2.11. The van der Waals surface area contributed by atoms with Gasteiger partial charge in [-0.3, -0.25) is 4.79 Å². The van der Waals surface area contributed by atoms with Gasteiger partial charge in [0.2, 0.25) is 0 Å². The van der Waals surface area contributed by atoms with Gasteiger partial charge in [-0.25, -0.2) is 23.1 Å². The molecule has 0 aliphatic rings. The van der Waals surface area contributed by atoms with E-state index in [2.05, 4.69) is 14.7 Å². The Labute approximate surface area is 226 Å². The molecule has 0 aliphatic carbocycles. The van der Waals surface area contributed by atoms with Gasteiger partial charge in [0.15, 0.2) is 5.65 Å². The molecule has 0 saturated heterocycles. The number of hydrogen-bond donors (Lipinski definition) is 1. The van der Waals surface area contributed by atoms with Gasteiger partial charge in [0, 0.05) is 5.02 Å². The Morgan fingerprint density at radius 1 is 0.921 bits per heavy atom. The third kappa shape index (κ3) is 5.18. The molecule has 0 radical (unpaired) electrons. The fourth-order valence-corrected chi connectivity index (χ4v) is 5.43. The third-order valence-electron chi connectivity index (χ3n) is 6.37. The number of halogens is 1. The smallest absolute Gasteiger partial charge is 0.283 e. The molecule has 1 amide bonds. The van der Waals surface area contributed by atoms with E-state index >= 15 is 0 Å².